The number of benzene rings is 2. The lowest BCUT2D eigenvalue weighted by atomic mass is 9.68. The van der Waals surface area contributed by atoms with Crippen molar-refractivity contribution >= 4 is 33.4 Å². The van der Waals surface area contributed by atoms with E-state index in [0.717, 1.165) is 53.7 Å². The van der Waals surface area contributed by atoms with Crippen LogP contribution in [0.1, 0.15) is 53.6 Å². The Morgan fingerprint density at radius 2 is 2.05 bits per heavy atom. The zero-order valence-electron chi connectivity index (χ0n) is 24.7. The Balaban J connectivity index is 1.43. The van der Waals surface area contributed by atoms with Gasteiger partial charge in [0.2, 0.25) is 0 Å². The molecule has 2 heterocycles. The Hall–Kier alpha value is -2.63. The molecule has 2 aliphatic carbocycles. The zero-order valence-corrected chi connectivity index (χ0v) is 26.2. The third-order valence-electron chi connectivity index (χ3n) is 9.98. The van der Waals surface area contributed by atoms with E-state index in [0.29, 0.717) is 24.8 Å². The number of aliphatic hydroxyl groups excluding tert-OH is 1. The van der Waals surface area contributed by atoms with Gasteiger partial charge < -0.3 is 19.5 Å². The lowest BCUT2D eigenvalue weighted by molar-refractivity contribution is 0.0131. The molecule has 2 aromatic rings. The molecule has 43 heavy (non-hydrogen) atoms. The molecular formula is C32H40ClN3O6S. The number of hydrogen-bond acceptors (Lipinski definition) is 7. The number of anilines is 1. The molecule has 9 nitrogen and oxygen atoms in total. The van der Waals surface area contributed by atoms with Crippen LogP contribution in [0.4, 0.5) is 5.69 Å². The van der Waals surface area contributed by atoms with Gasteiger partial charge in [0.1, 0.15) is 5.75 Å². The Kier molecular flexibility index (Phi) is 8.52. The molecule has 4 aliphatic rings. The minimum atomic E-state index is -4.22. The smallest absolute Gasteiger partial charge is 0.304 e. The maximum atomic E-state index is 13.4. The van der Waals surface area contributed by atoms with Gasteiger partial charge in [-0.15, -0.1) is 0 Å². The molecule has 5 atom stereocenters. The summed E-state index contributed by atoms with van der Waals surface area (Å²) in [6, 6.07) is 10.6. The monoisotopic (exact) mass is 629 g/mol. The van der Waals surface area contributed by atoms with Gasteiger partial charge in [0, 0.05) is 43.2 Å². The standard InChI is InChI=1S/C32H40ClN3O6S/c1-35-25(18-37)6-3-7-29(41-2)26-11-8-23(26)17-36-19-32(14-4-5-21-15-24(33)10-12-27(21)32)20-42-30-13-9-22(16-28(30)36)31(38)34-43(35,39)40/h3,7,9-10,12-13,15-16,23,25-26,29,37H,4-6,8,11,14,17-20H2,1-2H3,(H,34,38)/b7-3+/t23-,25+,26+,29-,32-/m0/s1. The Morgan fingerprint density at radius 3 is 2.79 bits per heavy atom. The highest BCUT2D eigenvalue weighted by atomic mass is 35.5. The maximum Gasteiger partial charge on any atom is 0.304 e. The molecule has 1 fully saturated rings. The first kappa shape index (κ1) is 30.4. The van der Waals surface area contributed by atoms with Gasteiger partial charge in [0.15, 0.2) is 0 Å². The van der Waals surface area contributed by atoms with E-state index in [1.165, 1.54) is 18.2 Å². The van der Waals surface area contributed by atoms with Crippen molar-refractivity contribution in [1.29, 1.82) is 0 Å². The second-order valence-corrected chi connectivity index (χ2v) is 14.6. The van der Waals surface area contributed by atoms with Crippen LogP contribution in [0.3, 0.4) is 0 Å². The lowest BCUT2D eigenvalue weighted by Crippen LogP contribution is -2.50. The number of fused-ring (bicyclic) bond motifs is 4. The van der Waals surface area contributed by atoms with Gasteiger partial charge in [-0.05, 0) is 91.8 Å². The fourth-order valence-electron chi connectivity index (χ4n) is 7.34. The summed E-state index contributed by atoms with van der Waals surface area (Å²) in [5, 5.41) is 10.7. The molecule has 0 aromatic heterocycles. The van der Waals surface area contributed by atoms with Crippen molar-refractivity contribution in [3.8, 4) is 5.75 Å². The van der Waals surface area contributed by atoms with Crippen LogP contribution in [-0.4, -0.2) is 76.3 Å². The molecule has 2 aliphatic heterocycles. The number of carbonyl (C=O) groups is 1. The number of likely N-dealkylation sites (N-methyl/N-ethyl adjacent to an activating group) is 1. The third-order valence-corrected chi connectivity index (χ3v) is 11.7. The maximum absolute atomic E-state index is 13.4. The van der Waals surface area contributed by atoms with Crippen LogP contribution in [0.25, 0.3) is 0 Å². The normalized spacial score (nSPS) is 31.5. The van der Waals surface area contributed by atoms with E-state index in [2.05, 4.69) is 21.8 Å². The summed E-state index contributed by atoms with van der Waals surface area (Å²) >= 11 is 6.40. The highest BCUT2D eigenvalue weighted by molar-refractivity contribution is 7.87. The summed E-state index contributed by atoms with van der Waals surface area (Å²) in [6.07, 6.45) is 9.07. The molecule has 0 radical (unpaired) electrons. The summed E-state index contributed by atoms with van der Waals surface area (Å²) < 4.78 is 42.0. The van der Waals surface area contributed by atoms with Crippen LogP contribution < -0.4 is 14.4 Å². The molecule has 2 bridgehead atoms. The predicted molar refractivity (Wildman–Crippen MR) is 166 cm³/mol. The minimum Gasteiger partial charge on any atom is -0.490 e. The quantitative estimate of drug-likeness (QED) is 0.482. The number of rotatable bonds is 2. The topological polar surface area (TPSA) is 108 Å². The van der Waals surface area contributed by atoms with E-state index in [1.807, 2.05) is 18.2 Å². The number of hydrogen-bond donors (Lipinski definition) is 2. The average molecular weight is 630 g/mol. The van der Waals surface area contributed by atoms with Crippen LogP contribution in [0.5, 0.6) is 5.75 Å². The van der Waals surface area contributed by atoms with Crippen LogP contribution in [0.2, 0.25) is 5.02 Å². The molecule has 232 valence electrons. The van der Waals surface area contributed by atoms with Crippen LogP contribution in [0.15, 0.2) is 48.6 Å². The molecule has 1 amide bonds. The predicted octanol–water partition coefficient (Wildman–Crippen LogP) is 4.08. The van der Waals surface area contributed by atoms with Crippen molar-refractivity contribution < 1.29 is 27.8 Å². The Morgan fingerprint density at radius 1 is 1.21 bits per heavy atom. The fraction of sp³-hybridized carbons (Fsp3) is 0.531. The van der Waals surface area contributed by atoms with Crippen molar-refractivity contribution in [2.45, 2.75) is 56.1 Å². The number of aliphatic hydroxyl groups is 1. The van der Waals surface area contributed by atoms with Crippen LogP contribution >= 0.6 is 11.6 Å². The van der Waals surface area contributed by atoms with E-state index in [9.17, 15) is 18.3 Å². The summed E-state index contributed by atoms with van der Waals surface area (Å²) in [5.41, 5.74) is 3.27. The van der Waals surface area contributed by atoms with E-state index in [-0.39, 0.29) is 36.0 Å². The van der Waals surface area contributed by atoms with Gasteiger partial charge in [-0.25, -0.2) is 4.72 Å². The van der Waals surface area contributed by atoms with E-state index < -0.39 is 22.2 Å². The number of amides is 1. The number of methoxy groups -OCH3 is 1. The molecular weight excluding hydrogens is 590 g/mol. The molecule has 1 spiro atoms. The highest BCUT2D eigenvalue weighted by Gasteiger charge is 2.44. The van der Waals surface area contributed by atoms with Gasteiger partial charge in [0.05, 0.1) is 31.0 Å². The molecule has 6 rings (SSSR count). The number of aryl methyl sites for hydroxylation is 1. The zero-order chi connectivity index (χ0) is 30.4. The van der Waals surface area contributed by atoms with E-state index in [4.69, 9.17) is 21.1 Å². The second kappa shape index (κ2) is 12.0. The molecule has 0 saturated heterocycles. The minimum absolute atomic E-state index is 0.131. The summed E-state index contributed by atoms with van der Waals surface area (Å²) in [6.45, 7) is 1.57. The largest absolute Gasteiger partial charge is 0.490 e. The molecule has 2 N–H and O–H groups in total. The Labute approximate surface area is 259 Å². The summed E-state index contributed by atoms with van der Waals surface area (Å²) in [5.74, 6) is 0.588. The van der Waals surface area contributed by atoms with Crippen molar-refractivity contribution in [2.24, 2.45) is 11.8 Å². The molecule has 2 aromatic carbocycles. The van der Waals surface area contributed by atoms with Crippen molar-refractivity contribution in [2.75, 3.05) is 45.4 Å². The lowest BCUT2D eigenvalue weighted by Gasteiger charge is -2.46. The third kappa shape index (κ3) is 5.80. The summed E-state index contributed by atoms with van der Waals surface area (Å²) in [7, 11) is -1.15. The van der Waals surface area contributed by atoms with Gasteiger partial charge in [-0.3, -0.25) is 4.79 Å². The number of ether oxygens (including phenoxy) is 2. The van der Waals surface area contributed by atoms with Crippen LogP contribution in [0, 0.1) is 11.8 Å². The van der Waals surface area contributed by atoms with Gasteiger partial charge >= 0.3 is 10.2 Å². The average Bonchev–Trinajstić information content (AvgIpc) is 3.12. The van der Waals surface area contributed by atoms with E-state index in [1.54, 1.807) is 25.3 Å². The molecule has 0 unspecified atom stereocenters. The van der Waals surface area contributed by atoms with Gasteiger partial charge in [0.25, 0.3) is 5.91 Å². The molecule has 11 heteroatoms. The van der Waals surface area contributed by atoms with Crippen molar-refractivity contribution in [3.05, 3.63) is 70.3 Å². The van der Waals surface area contributed by atoms with Crippen molar-refractivity contribution in [3.63, 3.8) is 0 Å². The summed E-state index contributed by atoms with van der Waals surface area (Å²) in [4.78, 5) is 15.7. The number of nitrogens with zero attached hydrogens (tertiary/aromatic N) is 2. The Bertz CT molecular complexity index is 1520. The van der Waals surface area contributed by atoms with Crippen molar-refractivity contribution in [1.82, 2.24) is 9.03 Å². The first-order chi connectivity index (χ1) is 20.6. The van der Waals surface area contributed by atoms with E-state index >= 15 is 0 Å². The number of carbonyl (C=O) groups excluding carboxylic acids is 1. The highest BCUT2D eigenvalue weighted by Crippen LogP contribution is 2.47. The first-order valence-corrected chi connectivity index (χ1v) is 16.9. The van der Waals surface area contributed by atoms with Gasteiger partial charge in [-0.2, -0.15) is 12.7 Å². The first-order valence-electron chi connectivity index (χ1n) is 15.1. The van der Waals surface area contributed by atoms with Gasteiger partial charge in [-0.1, -0.05) is 29.8 Å². The fourth-order valence-corrected chi connectivity index (χ4v) is 8.58. The van der Waals surface area contributed by atoms with Crippen LogP contribution in [-0.2, 0) is 26.8 Å². The number of halogens is 1. The SMILES string of the molecule is CO[C@H]1/C=C/C[C@H](CO)N(C)S(=O)(=O)NC(=O)c2ccc3c(c2)N(C[C@@H]2CC[C@H]21)C[C@@]1(CCCc2cc(Cl)ccc21)CO3. The number of nitrogens with one attached hydrogen (secondary N) is 1. The molecule has 1 saturated carbocycles. The second-order valence-electron chi connectivity index (χ2n) is 12.4.